The van der Waals surface area contributed by atoms with E-state index < -0.39 is 17.4 Å². The van der Waals surface area contributed by atoms with Crippen molar-refractivity contribution in [1.29, 1.82) is 0 Å². The Labute approximate surface area is 148 Å². The number of hydrogen-bond donors (Lipinski definition) is 2. The van der Waals surface area contributed by atoms with Crippen molar-refractivity contribution in [3.8, 4) is 0 Å². The molecule has 0 aliphatic carbocycles. The highest BCUT2D eigenvalue weighted by atomic mass is 16.5. The number of esters is 1. The van der Waals surface area contributed by atoms with Crippen LogP contribution in [-0.2, 0) is 27.5 Å². The van der Waals surface area contributed by atoms with Gasteiger partial charge in [0.25, 0.3) is 0 Å². The zero-order chi connectivity index (χ0) is 18.1. The van der Waals surface area contributed by atoms with Crippen LogP contribution in [0.25, 0.3) is 0 Å². The van der Waals surface area contributed by atoms with Crippen LogP contribution in [0.3, 0.4) is 0 Å². The zero-order valence-electron chi connectivity index (χ0n) is 14.4. The Kier molecular flexibility index (Phi) is 6.71. The molecule has 0 saturated carbocycles. The van der Waals surface area contributed by atoms with Crippen molar-refractivity contribution in [2.75, 3.05) is 0 Å². The van der Waals surface area contributed by atoms with Crippen molar-refractivity contribution in [2.24, 2.45) is 5.73 Å². The van der Waals surface area contributed by atoms with Crippen LogP contribution in [0.5, 0.6) is 0 Å². The van der Waals surface area contributed by atoms with E-state index in [4.69, 9.17) is 10.5 Å². The van der Waals surface area contributed by atoms with Gasteiger partial charge in [0.1, 0.15) is 6.61 Å². The Morgan fingerprint density at radius 2 is 1.56 bits per heavy atom. The van der Waals surface area contributed by atoms with Gasteiger partial charge in [0, 0.05) is 6.54 Å². The highest BCUT2D eigenvalue weighted by Gasteiger charge is 2.45. The first kappa shape index (κ1) is 18.7. The second-order valence-electron chi connectivity index (χ2n) is 5.92. The highest BCUT2D eigenvalue weighted by Crippen LogP contribution is 2.18. The summed E-state index contributed by atoms with van der Waals surface area (Å²) in [6.07, 6.45) is 0.897. The van der Waals surface area contributed by atoms with Gasteiger partial charge in [-0.05, 0) is 17.5 Å². The van der Waals surface area contributed by atoms with Gasteiger partial charge >= 0.3 is 5.97 Å². The molecule has 1 atom stereocenters. The molecule has 0 unspecified atom stereocenters. The summed E-state index contributed by atoms with van der Waals surface area (Å²) in [4.78, 5) is 24.8. The first-order valence-corrected chi connectivity index (χ1v) is 8.38. The van der Waals surface area contributed by atoms with Gasteiger partial charge in [-0.1, -0.05) is 74.0 Å². The minimum Gasteiger partial charge on any atom is -0.459 e. The normalized spacial score (nSPS) is 13.0. The molecule has 0 saturated heterocycles. The summed E-state index contributed by atoms with van der Waals surface area (Å²) < 4.78 is 5.39. The van der Waals surface area contributed by atoms with Gasteiger partial charge in [-0.3, -0.25) is 10.1 Å². The zero-order valence-corrected chi connectivity index (χ0v) is 14.4. The molecule has 0 radical (unpaired) electrons. The van der Waals surface area contributed by atoms with Crippen LogP contribution in [0.15, 0.2) is 60.7 Å². The number of carbonyl (C=O) groups is 2. The van der Waals surface area contributed by atoms with Crippen molar-refractivity contribution < 1.29 is 14.3 Å². The van der Waals surface area contributed by atoms with E-state index in [9.17, 15) is 9.59 Å². The minimum absolute atomic E-state index is 0.103. The molecule has 0 aliphatic rings. The van der Waals surface area contributed by atoms with E-state index in [0.29, 0.717) is 13.0 Å². The average Bonchev–Trinajstić information content (AvgIpc) is 2.64. The van der Waals surface area contributed by atoms with Crippen LogP contribution in [-0.4, -0.2) is 17.4 Å². The van der Waals surface area contributed by atoms with Crippen LogP contribution >= 0.6 is 0 Å². The molecule has 25 heavy (non-hydrogen) atoms. The molecular formula is C20H24N2O3. The Morgan fingerprint density at radius 1 is 1.00 bits per heavy atom. The number of primary amides is 1. The third kappa shape index (κ3) is 4.90. The molecule has 0 aromatic heterocycles. The van der Waals surface area contributed by atoms with Crippen LogP contribution in [0.1, 0.15) is 30.9 Å². The van der Waals surface area contributed by atoms with E-state index in [2.05, 4.69) is 5.32 Å². The van der Waals surface area contributed by atoms with E-state index in [1.54, 1.807) is 0 Å². The van der Waals surface area contributed by atoms with Crippen molar-refractivity contribution >= 4 is 11.9 Å². The number of benzene rings is 2. The molecule has 2 aromatic carbocycles. The molecule has 3 N–H and O–H groups in total. The van der Waals surface area contributed by atoms with E-state index in [1.807, 2.05) is 67.6 Å². The van der Waals surface area contributed by atoms with E-state index >= 15 is 0 Å². The molecule has 0 fully saturated rings. The van der Waals surface area contributed by atoms with Crippen LogP contribution < -0.4 is 11.1 Å². The molecule has 5 nitrogen and oxygen atoms in total. The van der Waals surface area contributed by atoms with Gasteiger partial charge < -0.3 is 10.5 Å². The summed E-state index contributed by atoms with van der Waals surface area (Å²) in [5.74, 6) is -1.36. The standard InChI is InChI=1S/C20H24N2O3/c1-2-13-20(18(21)23,22-14-16-9-5-3-6-10-16)19(24)25-15-17-11-7-4-8-12-17/h3-12,22H,2,13-15H2,1H3,(H2,21,23)/t20-/m1/s1. The fourth-order valence-electron chi connectivity index (χ4n) is 2.64. The summed E-state index contributed by atoms with van der Waals surface area (Å²) in [7, 11) is 0. The lowest BCUT2D eigenvalue weighted by molar-refractivity contribution is -0.157. The number of rotatable bonds is 9. The SMILES string of the molecule is CCC[C@@](NCc1ccccc1)(C(N)=O)C(=O)OCc1ccccc1. The Bertz CT molecular complexity index is 689. The first-order chi connectivity index (χ1) is 12.1. The van der Waals surface area contributed by atoms with E-state index in [1.165, 1.54) is 0 Å². The molecule has 5 heteroatoms. The molecule has 2 rings (SSSR count). The third-order valence-electron chi connectivity index (χ3n) is 4.04. The topological polar surface area (TPSA) is 81.4 Å². The summed E-state index contributed by atoms with van der Waals surface area (Å²) >= 11 is 0. The van der Waals surface area contributed by atoms with Gasteiger partial charge in [-0.15, -0.1) is 0 Å². The Balaban J connectivity index is 2.12. The Morgan fingerprint density at radius 3 is 2.08 bits per heavy atom. The van der Waals surface area contributed by atoms with Crippen LogP contribution in [0.4, 0.5) is 0 Å². The monoisotopic (exact) mass is 340 g/mol. The molecule has 0 spiro atoms. The van der Waals surface area contributed by atoms with E-state index in [-0.39, 0.29) is 13.0 Å². The maximum atomic E-state index is 12.7. The molecule has 2 aromatic rings. The number of amides is 1. The second kappa shape index (κ2) is 8.99. The summed E-state index contributed by atoms with van der Waals surface area (Å²) in [5.41, 5.74) is 5.87. The second-order valence-corrected chi connectivity index (χ2v) is 5.92. The molecule has 1 amide bonds. The van der Waals surface area contributed by atoms with Gasteiger partial charge in [0.2, 0.25) is 5.91 Å². The third-order valence-corrected chi connectivity index (χ3v) is 4.04. The Hall–Kier alpha value is -2.66. The fourth-order valence-corrected chi connectivity index (χ4v) is 2.64. The maximum absolute atomic E-state index is 12.7. The number of nitrogens with one attached hydrogen (secondary N) is 1. The van der Waals surface area contributed by atoms with Crippen molar-refractivity contribution in [2.45, 2.75) is 38.5 Å². The predicted octanol–water partition coefficient (Wildman–Crippen LogP) is 2.54. The van der Waals surface area contributed by atoms with Gasteiger partial charge in [-0.25, -0.2) is 4.79 Å². The average molecular weight is 340 g/mol. The largest absolute Gasteiger partial charge is 0.459 e. The number of carbonyl (C=O) groups excluding carboxylic acids is 2. The number of ether oxygens (including phenoxy) is 1. The van der Waals surface area contributed by atoms with Gasteiger partial charge in [0.05, 0.1) is 0 Å². The van der Waals surface area contributed by atoms with Gasteiger partial charge in [-0.2, -0.15) is 0 Å². The molecule has 0 bridgehead atoms. The first-order valence-electron chi connectivity index (χ1n) is 8.38. The smallest absolute Gasteiger partial charge is 0.336 e. The molecule has 132 valence electrons. The van der Waals surface area contributed by atoms with Crippen molar-refractivity contribution in [3.05, 3.63) is 71.8 Å². The van der Waals surface area contributed by atoms with Crippen molar-refractivity contribution in [3.63, 3.8) is 0 Å². The lowest BCUT2D eigenvalue weighted by atomic mass is 9.92. The van der Waals surface area contributed by atoms with Gasteiger partial charge in [0.15, 0.2) is 5.54 Å². The quantitative estimate of drug-likeness (QED) is 0.543. The number of hydrogen-bond acceptors (Lipinski definition) is 4. The molecule has 0 aliphatic heterocycles. The molecular weight excluding hydrogens is 316 g/mol. The minimum atomic E-state index is -1.53. The predicted molar refractivity (Wildman–Crippen MR) is 96.4 cm³/mol. The number of nitrogens with two attached hydrogens (primary N) is 1. The van der Waals surface area contributed by atoms with E-state index in [0.717, 1.165) is 11.1 Å². The summed E-state index contributed by atoms with van der Waals surface area (Å²) in [5, 5.41) is 3.04. The maximum Gasteiger partial charge on any atom is 0.336 e. The fraction of sp³-hybridized carbons (Fsp3) is 0.300. The molecule has 0 heterocycles. The lowest BCUT2D eigenvalue weighted by Gasteiger charge is -2.29. The summed E-state index contributed by atoms with van der Waals surface area (Å²) in [6.45, 7) is 2.35. The summed E-state index contributed by atoms with van der Waals surface area (Å²) in [6, 6.07) is 18.9. The van der Waals surface area contributed by atoms with Crippen LogP contribution in [0, 0.1) is 0 Å². The van der Waals surface area contributed by atoms with Crippen molar-refractivity contribution in [1.82, 2.24) is 5.32 Å². The van der Waals surface area contributed by atoms with Crippen LogP contribution in [0.2, 0.25) is 0 Å². The highest BCUT2D eigenvalue weighted by molar-refractivity contribution is 6.06. The lowest BCUT2D eigenvalue weighted by Crippen LogP contribution is -2.61.